The predicted molar refractivity (Wildman–Crippen MR) is 133 cm³/mol. The van der Waals surface area contributed by atoms with Crippen molar-refractivity contribution in [3.8, 4) is 0 Å². The zero-order chi connectivity index (χ0) is 26.9. The van der Waals surface area contributed by atoms with Gasteiger partial charge in [0, 0.05) is 36.3 Å². The third-order valence-electron chi connectivity index (χ3n) is 6.84. The highest BCUT2D eigenvalue weighted by atomic mass is 19.1. The highest BCUT2D eigenvalue weighted by molar-refractivity contribution is 6.34. The molecule has 4 rings (SSSR count). The zero-order valence-corrected chi connectivity index (χ0v) is 20.8. The first-order valence-electron chi connectivity index (χ1n) is 12.0. The average molecular weight is 513 g/mol. The lowest BCUT2D eigenvalue weighted by Crippen LogP contribution is -2.54. The minimum atomic E-state index is -1.06. The highest BCUT2D eigenvalue weighted by Gasteiger charge is 2.36. The van der Waals surface area contributed by atoms with Crippen LogP contribution < -0.4 is 10.6 Å². The summed E-state index contributed by atoms with van der Waals surface area (Å²) in [5.74, 6) is -2.85. The molecule has 2 aliphatic heterocycles. The van der Waals surface area contributed by atoms with Crippen molar-refractivity contribution in [1.29, 1.82) is 0 Å². The van der Waals surface area contributed by atoms with Crippen molar-refractivity contribution in [1.82, 2.24) is 15.2 Å². The van der Waals surface area contributed by atoms with Crippen LogP contribution in [-0.2, 0) is 19.1 Å². The third kappa shape index (κ3) is 5.12. The Kier molecular flexibility index (Phi) is 7.44. The molecule has 37 heavy (non-hydrogen) atoms. The van der Waals surface area contributed by atoms with E-state index in [0.717, 1.165) is 6.42 Å². The molecular weight excluding hydrogens is 483 g/mol. The molecule has 2 aromatic rings. The number of fused-ring (bicyclic) bond motifs is 1. The number of carbonyl (C=O) groups is 4. The number of benzene rings is 1. The van der Waals surface area contributed by atoms with Crippen LogP contribution in [0.4, 0.5) is 10.1 Å². The summed E-state index contributed by atoms with van der Waals surface area (Å²) in [5, 5.41) is 14.9. The SMILES string of the molecule is COC(CNC(=O)c1c(C)[nH]c(/C=C2\C(=O)Nc3ccc(F)cc32)c1C)C(=O)N1CCCCC1C(=O)O. The van der Waals surface area contributed by atoms with Gasteiger partial charge in [0.05, 0.1) is 17.7 Å². The van der Waals surface area contributed by atoms with E-state index in [0.29, 0.717) is 53.2 Å². The van der Waals surface area contributed by atoms with Gasteiger partial charge in [-0.1, -0.05) is 0 Å². The molecule has 10 nitrogen and oxygen atoms in total. The number of aliphatic carboxylic acids is 1. The molecule has 196 valence electrons. The number of halogens is 1. The fourth-order valence-electron chi connectivity index (χ4n) is 4.89. The van der Waals surface area contributed by atoms with Crippen LogP contribution in [0.2, 0.25) is 0 Å². The molecule has 4 N–H and O–H groups in total. The molecule has 2 aliphatic rings. The first-order valence-corrected chi connectivity index (χ1v) is 12.0. The Hall–Kier alpha value is -3.99. The van der Waals surface area contributed by atoms with E-state index in [1.54, 1.807) is 19.9 Å². The van der Waals surface area contributed by atoms with Gasteiger partial charge in [0.15, 0.2) is 6.10 Å². The van der Waals surface area contributed by atoms with Crippen molar-refractivity contribution in [2.24, 2.45) is 0 Å². The highest BCUT2D eigenvalue weighted by Crippen LogP contribution is 2.34. The fraction of sp³-hybridized carbons (Fsp3) is 0.385. The van der Waals surface area contributed by atoms with Crippen LogP contribution in [0.25, 0.3) is 11.6 Å². The first kappa shape index (κ1) is 26.1. The number of rotatable bonds is 7. The third-order valence-corrected chi connectivity index (χ3v) is 6.84. The number of aryl methyl sites for hydroxylation is 1. The number of hydrogen-bond acceptors (Lipinski definition) is 5. The number of carbonyl (C=O) groups excluding carboxylic acids is 3. The van der Waals surface area contributed by atoms with Gasteiger partial charge >= 0.3 is 5.97 Å². The number of hydrogen-bond donors (Lipinski definition) is 4. The molecule has 3 heterocycles. The molecule has 0 bridgehead atoms. The van der Waals surface area contributed by atoms with E-state index < -0.39 is 35.7 Å². The number of carboxylic acids is 1. The summed E-state index contributed by atoms with van der Waals surface area (Å²) >= 11 is 0. The molecule has 0 saturated carbocycles. The fourth-order valence-corrected chi connectivity index (χ4v) is 4.89. The van der Waals surface area contributed by atoms with Gasteiger partial charge in [0.1, 0.15) is 11.9 Å². The monoisotopic (exact) mass is 512 g/mol. The molecule has 3 amide bonds. The van der Waals surface area contributed by atoms with Crippen LogP contribution in [-0.4, -0.2) is 71.0 Å². The van der Waals surface area contributed by atoms with Crippen molar-refractivity contribution < 1.29 is 33.4 Å². The number of carboxylic acid groups (broad SMARTS) is 1. The van der Waals surface area contributed by atoms with Crippen LogP contribution in [0.15, 0.2) is 18.2 Å². The summed E-state index contributed by atoms with van der Waals surface area (Å²) in [4.78, 5) is 54.5. The number of likely N-dealkylation sites (tertiary alicyclic amines) is 1. The van der Waals surface area contributed by atoms with Crippen molar-refractivity contribution in [2.75, 3.05) is 25.5 Å². The molecule has 2 unspecified atom stereocenters. The number of ether oxygens (including phenoxy) is 1. The molecular formula is C26H29FN4O6. The smallest absolute Gasteiger partial charge is 0.326 e. The molecule has 0 spiro atoms. The maximum absolute atomic E-state index is 13.8. The van der Waals surface area contributed by atoms with Gasteiger partial charge in [-0.3, -0.25) is 14.4 Å². The number of anilines is 1. The second kappa shape index (κ2) is 10.6. The molecule has 0 aliphatic carbocycles. The first-order chi connectivity index (χ1) is 17.6. The minimum Gasteiger partial charge on any atom is -0.480 e. The number of aromatic amines is 1. The van der Waals surface area contributed by atoms with Crippen molar-refractivity contribution in [3.05, 3.63) is 52.1 Å². The Morgan fingerprint density at radius 2 is 2.05 bits per heavy atom. The number of H-pyrrole nitrogens is 1. The van der Waals surface area contributed by atoms with Crippen molar-refractivity contribution in [2.45, 2.75) is 45.3 Å². The summed E-state index contributed by atoms with van der Waals surface area (Å²) in [6, 6.07) is 3.12. The molecule has 2 atom stereocenters. The average Bonchev–Trinajstić information content (AvgIpc) is 3.33. The lowest BCUT2D eigenvalue weighted by atomic mass is 10.0. The van der Waals surface area contributed by atoms with E-state index in [9.17, 15) is 28.7 Å². The van der Waals surface area contributed by atoms with E-state index in [-0.39, 0.29) is 18.0 Å². The number of piperidine rings is 1. The maximum Gasteiger partial charge on any atom is 0.326 e. The largest absolute Gasteiger partial charge is 0.480 e. The Labute approximate surface area is 212 Å². The summed E-state index contributed by atoms with van der Waals surface area (Å²) in [6.45, 7) is 3.59. The Balaban J connectivity index is 1.51. The maximum atomic E-state index is 13.8. The van der Waals surface area contributed by atoms with Crippen LogP contribution in [0.5, 0.6) is 0 Å². The van der Waals surface area contributed by atoms with Gasteiger partial charge in [-0.05, 0) is 62.9 Å². The van der Waals surface area contributed by atoms with Gasteiger partial charge in [-0.15, -0.1) is 0 Å². The number of amides is 3. The second-order valence-corrected chi connectivity index (χ2v) is 9.18. The Morgan fingerprint density at radius 3 is 2.76 bits per heavy atom. The Morgan fingerprint density at radius 1 is 1.30 bits per heavy atom. The molecule has 1 aromatic carbocycles. The molecule has 11 heteroatoms. The van der Waals surface area contributed by atoms with Crippen molar-refractivity contribution in [3.63, 3.8) is 0 Å². The molecule has 1 aromatic heterocycles. The van der Waals surface area contributed by atoms with Gasteiger partial charge in [-0.2, -0.15) is 0 Å². The van der Waals surface area contributed by atoms with Crippen LogP contribution in [0.1, 0.15) is 52.1 Å². The van der Waals surface area contributed by atoms with Gasteiger partial charge in [0.25, 0.3) is 17.7 Å². The number of nitrogens with one attached hydrogen (secondary N) is 3. The minimum absolute atomic E-state index is 0.146. The van der Waals surface area contributed by atoms with E-state index in [2.05, 4.69) is 15.6 Å². The van der Waals surface area contributed by atoms with Crippen molar-refractivity contribution >= 4 is 41.0 Å². The van der Waals surface area contributed by atoms with Gasteiger partial charge in [0.2, 0.25) is 0 Å². The standard InChI is InChI=1S/C26H29FN4O6/c1-13-19(11-17-16-10-15(27)7-8-18(16)30-23(17)32)29-14(2)22(13)24(33)28-12-21(37-3)25(34)31-9-5-4-6-20(31)26(35)36/h7-8,10-11,20-21,29H,4-6,9,12H2,1-3H3,(H,28,33)(H,30,32)(H,35,36)/b17-11-. The van der Waals surface area contributed by atoms with E-state index >= 15 is 0 Å². The van der Waals surface area contributed by atoms with Crippen LogP contribution in [0.3, 0.4) is 0 Å². The van der Waals surface area contributed by atoms with E-state index in [4.69, 9.17) is 4.74 Å². The van der Waals surface area contributed by atoms with Gasteiger partial charge < -0.3 is 30.4 Å². The predicted octanol–water partition coefficient (Wildman–Crippen LogP) is 2.47. The molecule has 1 saturated heterocycles. The summed E-state index contributed by atoms with van der Waals surface area (Å²) < 4.78 is 19.1. The quantitative estimate of drug-likeness (QED) is 0.420. The molecule has 1 fully saturated rings. The second-order valence-electron chi connectivity index (χ2n) is 9.18. The normalized spacial score (nSPS) is 18.9. The number of nitrogens with zero attached hydrogens (tertiary/aromatic N) is 1. The zero-order valence-electron chi connectivity index (χ0n) is 20.8. The lowest BCUT2D eigenvalue weighted by molar-refractivity contribution is -0.156. The van der Waals surface area contributed by atoms with Gasteiger partial charge in [-0.25, -0.2) is 9.18 Å². The summed E-state index contributed by atoms with van der Waals surface area (Å²) in [6.07, 6.45) is 2.33. The Bertz CT molecular complexity index is 1300. The van der Waals surface area contributed by atoms with Crippen LogP contribution >= 0.6 is 0 Å². The lowest BCUT2D eigenvalue weighted by Gasteiger charge is -2.35. The molecule has 0 radical (unpaired) electrons. The van der Waals surface area contributed by atoms with E-state index in [1.165, 1.54) is 30.2 Å². The van der Waals surface area contributed by atoms with Crippen LogP contribution in [0, 0.1) is 19.7 Å². The summed E-state index contributed by atoms with van der Waals surface area (Å²) in [5.41, 5.74) is 3.18. The van der Waals surface area contributed by atoms with E-state index in [1.807, 2.05) is 0 Å². The summed E-state index contributed by atoms with van der Waals surface area (Å²) in [7, 11) is 1.33. The topological polar surface area (TPSA) is 141 Å². The number of methoxy groups -OCH3 is 1. The number of aromatic nitrogens is 1.